The highest BCUT2D eigenvalue weighted by Gasteiger charge is 2.06. The van der Waals surface area contributed by atoms with Crippen molar-refractivity contribution in [3.8, 4) is 17.2 Å². The number of nitrogens with zero attached hydrogens (tertiary/aromatic N) is 2. The molecule has 0 unspecified atom stereocenters. The Morgan fingerprint density at radius 1 is 1.37 bits per heavy atom. The summed E-state index contributed by atoms with van der Waals surface area (Å²) in [6, 6.07) is 7.20. The average molecular weight is 261 g/mol. The van der Waals surface area contributed by atoms with Gasteiger partial charge >= 0.3 is 0 Å². The lowest BCUT2D eigenvalue weighted by molar-refractivity contribution is -0.123. The van der Waals surface area contributed by atoms with E-state index in [9.17, 15) is 4.79 Å². The van der Waals surface area contributed by atoms with Crippen molar-refractivity contribution in [1.82, 2.24) is 15.5 Å². The van der Waals surface area contributed by atoms with Gasteiger partial charge in [-0.3, -0.25) is 4.79 Å². The predicted molar refractivity (Wildman–Crippen MR) is 68.5 cm³/mol. The van der Waals surface area contributed by atoms with Gasteiger partial charge in [-0.05, 0) is 38.1 Å². The third-order valence-corrected chi connectivity index (χ3v) is 2.28. The van der Waals surface area contributed by atoms with E-state index in [1.54, 1.807) is 24.3 Å². The van der Waals surface area contributed by atoms with Gasteiger partial charge in [0.25, 0.3) is 5.91 Å². The van der Waals surface area contributed by atoms with E-state index < -0.39 is 0 Å². The van der Waals surface area contributed by atoms with E-state index in [0.29, 0.717) is 11.6 Å². The minimum Gasteiger partial charge on any atom is -0.484 e. The van der Waals surface area contributed by atoms with Gasteiger partial charge in [0.1, 0.15) is 5.75 Å². The van der Waals surface area contributed by atoms with E-state index in [2.05, 4.69) is 15.5 Å². The number of rotatable bonds is 5. The molecule has 0 saturated carbocycles. The molecule has 2 aromatic rings. The fourth-order valence-corrected chi connectivity index (χ4v) is 1.51. The van der Waals surface area contributed by atoms with Crippen LogP contribution in [0.5, 0.6) is 5.75 Å². The number of carbonyl (C=O) groups excluding carboxylic acids is 1. The molecule has 19 heavy (non-hydrogen) atoms. The first-order valence-electron chi connectivity index (χ1n) is 5.94. The molecule has 1 aromatic carbocycles. The van der Waals surface area contributed by atoms with Crippen molar-refractivity contribution in [1.29, 1.82) is 0 Å². The SMILES string of the molecule is CC(C)NC(=O)COc1ccc(-c2nnco2)cc1. The molecule has 0 fully saturated rings. The summed E-state index contributed by atoms with van der Waals surface area (Å²) in [6.07, 6.45) is 1.27. The van der Waals surface area contributed by atoms with E-state index in [1.807, 2.05) is 13.8 Å². The number of amides is 1. The summed E-state index contributed by atoms with van der Waals surface area (Å²) in [5.41, 5.74) is 0.802. The molecule has 0 aliphatic carbocycles. The Balaban J connectivity index is 1.91. The van der Waals surface area contributed by atoms with E-state index in [0.717, 1.165) is 5.56 Å². The van der Waals surface area contributed by atoms with Crippen LogP contribution in [0.15, 0.2) is 35.1 Å². The van der Waals surface area contributed by atoms with Crippen LogP contribution in [0, 0.1) is 0 Å². The molecule has 1 heterocycles. The van der Waals surface area contributed by atoms with Gasteiger partial charge in [-0.15, -0.1) is 10.2 Å². The van der Waals surface area contributed by atoms with Crippen LogP contribution in [0.2, 0.25) is 0 Å². The van der Waals surface area contributed by atoms with Crippen molar-refractivity contribution in [3.63, 3.8) is 0 Å². The molecule has 2 rings (SSSR count). The zero-order chi connectivity index (χ0) is 13.7. The first-order chi connectivity index (χ1) is 9.15. The summed E-state index contributed by atoms with van der Waals surface area (Å²) in [6.45, 7) is 3.80. The highest BCUT2D eigenvalue weighted by molar-refractivity contribution is 5.77. The number of hydrogen-bond donors (Lipinski definition) is 1. The summed E-state index contributed by atoms with van der Waals surface area (Å²) in [5, 5.41) is 10.2. The molecular formula is C13H15N3O3. The fourth-order valence-electron chi connectivity index (χ4n) is 1.51. The molecule has 0 atom stereocenters. The number of ether oxygens (including phenoxy) is 1. The monoisotopic (exact) mass is 261 g/mol. The molecular weight excluding hydrogens is 246 g/mol. The highest BCUT2D eigenvalue weighted by Crippen LogP contribution is 2.19. The Bertz CT molecular complexity index is 521. The van der Waals surface area contributed by atoms with Gasteiger partial charge in [-0.25, -0.2) is 0 Å². The Hall–Kier alpha value is -2.37. The number of nitrogens with one attached hydrogen (secondary N) is 1. The maximum Gasteiger partial charge on any atom is 0.258 e. The molecule has 1 amide bonds. The van der Waals surface area contributed by atoms with Crippen LogP contribution in [0.4, 0.5) is 0 Å². The van der Waals surface area contributed by atoms with Gasteiger partial charge in [0.2, 0.25) is 12.3 Å². The first-order valence-corrected chi connectivity index (χ1v) is 5.94. The number of benzene rings is 1. The summed E-state index contributed by atoms with van der Waals surface area (Å²) in [5.74, 6) is 0.919. The lowest BCUT2D eigenvalue weighted by Crippen LogP contribution is -2.34. The van der Waals surface area contributed by atoms with Crippen molar-refractivity contribution >= 4 is 5.91 Å². The minimum atomic E-state index is -0.143. The third-order valence-electron chi connectivity index (χ3n) is 2.28. The topological polar surface area (TPSA) is 77.2 Å². The Labute approximate surface area is 110 Å². The van der Waals surface area contributed by atoms with Crippen LogP contribution in [-0.4, -0.2) is 28.8 Å². The predicted octanol–water partition coefficient (Wildman–Crippen LogP) is 1.64. The van der Waals surface area contributed by atoms with Crippen LogP contribution in [0.1, 0.15) is 13.8 Å². The maximum absolute atomic E-state index is 11.4. The maximum atomic E-state index is 11.4. The van der Waals surface area contributed by atoms with E-state index in [-0.39, 0.29) is 18.6 Å². The molecule has 6 nitrogen and oxygen atoms in total. The molecule has 1 aromatic heterocycles. The molecule has 0 saturated heterocycles. The van der Waals surface area contributed by atoms with Crippen LogP contribution >= 0.6 is 0 Å². The number of hydrogen-bond acceptors (Lipinski definition) is 5. The van der Waals surface area contributed by atoms with Crippen LogP contribution in [-0.2, 0) is 4.79 Å². The van der Waals surface area contributed by atoms with Crippen molar-refractivity contribution in [2.24, 2.45) is 0 Å². The summed E-state index contributed by atoms with van der Waals surface area (Å²) in [4.78, 5) is 11.4. The lowest BCUT2D eigenvalue weighted by atomic mass is 10.2. The van der Waals surface area contributed by atoms with Gasteiger partial charge in [0.15, 0.2) is 6.61 Å². The quantitative estimate of drug-likeness (QED) is 0.885. The molecule has 1 N–H and O–H groups in total. The molecule has 0 spiro atoms. The summed E-state index contributed by atoms with van der Waals surface area (Å²) < 4.78 is 10.4. The Kier molecular flexibility index (Phi) is 4.12. The van der Waals surface area contributed by atoms with E-state index >= 15 is 0 Å². The van der Waals surface area contributed by atoms with Crippen molar-refractivity contribution < 1.29 is 13.9 Å². The molecule has 6 heteroatoms. The van der Waals surface area contributed by atoms with Gasteiger partial charge in [-0.2, -0.15) is 0 Å². The standard InChI is InChI=1S/C13H15N3O3/c1-9(2)15-12(17)7-18-11-5-3-10(4-6-11)13-16-14-8-19-13/h3-6,8-9H,7H2,1-2H3,(H,15,17). The zero-order valence-corrected chi connectivity index (χ0v) is 10.8. The number of carbonyl (C=O) groups is 1. The smallest absolute Gasteiger partial charge is 0.258 e. The average Bonchev–Trinajstić information content (AvgIpc) is 2.90. The van der Waals surface area contributed by atoms with Crippen molar-refractivity contribution in [2.75, 3.05) is 6.61 Å². The van der Waals surface area contributed by atoms with Crippen molar-refractivity contribution in [3.05, 3.63) is 30.7 Å². The van der Waals surface area contributed by atoms with Crippen LogP contribution in [0.3, 0.4) is 0 Å². The van der Waals surface area contributed by atoms with Gasteiger partial charge in [0.05, 0.1) is 0 Å². The summed E-state index contributed by atoms with van der Waals surface area (Å²) in [7, 11) is 0. The van der Waals surface area contributed by atoms with Crippen LogP contribution in [0.25, 0.3) is 11.5 Å². The lowest BCUT2D eigenvalue weighted by Gasteiger charge is -2.09. The normalized spacial score (nSPS) is 10.5. The molecule has 0 aliphatic heterocycles. The highest BCUT2D eigenvalue weighted by atomic mass is 16.5. The third kappa shape index (κ3) is 3.80. The largest absolute Gasteiger partial charge is 0.484 e. The Morgan fingerprint density at radius 2 is 2.11 bits per heavy atom. The second-order valence-electron chi connectivity index (χ2n) is 4.28. The molecule has 0 radical (unpaired) electrons. The summed E-state index contributed by atoms with van der Waals surface area (Å²) >= 11 is 0. The zero-order valence-electron chi connectivity index (χ0n) is 10.8. The minimum absolute atomic E-state index is 0.00190. The first kappa shape index (κ1) is 13.1. The second kappa shape index (κ2) is 5.99. The fraction of sp³-hybridized carbons (Fsp3) is 0.308. The number of aromatic nitrogens is 2. The van der Waals surface area contributed by atoms with Crippen molar-refractivity contribution in [2.45, 2.75) is 19.9 Å². The van der Waals surface area contributed by atoms with E-state index in [1.165, 1.54) is 6.39 Å². The Morgan fingerprint density at radius 3 is 2.68 bits per heavy atom. The van der Waals surface area contributed by atoms with Gasteiger partial charge in [-0.1, -0.05) is 0 Å². The van der Waals surface area contributed by atoms with E-state index in [4.69, 9.17) is 9.15 Å². The molecule has 0 aliphatic rings. The molecule has 0 bridgehead atoms. The van der Waals surface area contributed by atoms with Crippen LogP contribution < -0.4 is 10.1 Å². The molecule has 100 valence electrons. The van der Waals surface area contributed by atoms with Gasteiger partial charge in [0, 0.05) is 11.6 Å². The van der Waals surface area contributed by atoms with Gasteiger partial charge < -0.3 is 14.5 Å². The second-order valence-corrected chi connectivity index (χ2v) is 4.28.